The van der Waals surface area contributed by atoms with Crippen molar-refractivity contribution in [3.05, 3.63) is 18.6 Å². The standard InChI is InChI=1S/C11H16N4O/c1-4-11(2,3)16-10-9-13-5-6-15(9)7-8(12)14-10/h5-7H,4,12H2,1-3H3. The van der Waals surface area contributed by atoms with E-state index in [4.69, 9.17) is 10.5 Å². The maximum absolute atomic E-state index is 5.83. The number of nitrogens with zero attached hydrogens (tertiary/aromatic N) is 3. The van der Waals surface area contributed by atoms with E-state index in [1.165, 1.54) is 0 Å². The third kappa shape index (κ3) is 1.93. The molecular weight excluding hydrogens is 204 g/mol. The minimum Gasteiger partial charge on any atom is -0.469 e. The maximum atomic E-state index is 5.83. The van der Waals surface area contributed by atoms with Gasteiger partial charge in [0, 0.05) is 12.4 Å². The Morgan fingerprint density at radius 3 is 2.94 bits per heavy atom. The van der Waals surface area contributed by atoms with Crippen LogP contribution in [0.4, 0.5) is 5.82 Å². The summed E-state index contributed by atoms with van der Waals surface area (Å²) in [6.45, 7) is 6.09. The van der Waals surface area contributed by atoms with E-state index in [9.17, 15) is 0 Å². The van der Waals surface area contributed by atoms with Crippen molar-refractivity contribution in [1.82, 2.24) is 14.4 Å². The van der Waals surface area contributed by atoms with Crippen LogP contribution in [0.25, 0.3) is 5.65 Å². The fourth-order valence-corrected chi connectivity index (χ4v) is 1.32. The number of nitrogens with two attached hydrogens (primary N) is 1. The Bertz CT molecular complexity index is 504. The van der Waals surface area contributed by atoms with Gasteiger partial charge in [0.15, 0.2) is 0 Å². The van der Waals surface area contributed by atoms with Gasteiger partial charge in [-0.3, -0.25) is 4.40 Å². The predicted molar refractivity (Wildman–Crippen MR) is 62.4 cm³/mol. The molecule has 0 aromatic carbocycles. The number of hydrogen-bond acceptors (Lipinski definition) is 4. The van der Waals surface area contributed by atoms with Crippen LogP contribution in [-0.2, 0) is 0 Å². The number of ether oxygens (including phenoxy) is 1. The van der Waals surface area contributed by atoms with Crippen molar-refractivity contribution in [2.45, 2.75) is 32.8 Å². The smallest absolute Gasteiger partial charge is 0.260 e. The van der Waals surface area contributed by atoms with Gasteiger partial charge in [-0.05, 0) is 20.3 Å². The second-order valence-electron chi connectivity index (χ2n) is 4.34. The van der Waals surface area contributed by atoms with Gasteiger partial charge in [-0.15, -0.1) is 0 Å². The lowest BCUT2D eigenvalue weighted by Crippen LogP contribution is -2.27. The van der Waals surface area contributed by atoms with Gasteiger partial charge in [0.2, 0.25) is 5.65 Å². The van der Waals surface area contributed by atoms with Crippen molar-refractivity contribution >= 4 is 11.5 Å². The normalized spacial score (nSPS) is 11.9. The Labute approximate surface area is 94.3 Å². The zero-order valence-electron chi connectivity index (χ0n) is 9.77. The first kappa shape index (κ1) is 10.7. The number of rotatable bonds is 3. The van der Waals surface area contributed by atoms with Crippen LogP contribution in [-0.4, -0.2) is 20.0 Å². The molecule has 0 aliphatic carbocycles. The Morgan fingerprint density at radius 1 is 1.50 bits per heavy atom. The van der Waals surface area contributed by atoms with E-state index in [0.717, 1.165) is 6.42 Å². The summed E-state index contributed by atoms with van der Waals surface area (Å²) >= 11 is 0. The van der Waals surface area contributed by atoms with Crippen LogP contribution in [0.5, 0.6) is 5.88 Å². The highest BCUT2D eigenvalue weighted by Crippen LogP contribution is 2.23. The number of anilines is 1. The molecule has 2 aromatic heterocycles. The molecule has 0 unspecified atom stereocenters. The van der Waals surface area contributed by atoms with Crippen LogP contribution < -0.4 is 10.5 Å². The van der Waals surface area contributed by atoms with Gasteiger partial charge >= 0.3 is 0 Å². The number of fused-ring (bicyclic) bond motifs is 1. The van der Waals surface area contributed by atoms with Gasteiger partial charge in [-0.25, -0.2) is 4.98 Å². The zero-order chi connectivity index (χ0) is 11.8. The van der Waals surface area contributed by atoms with Gasteiger partial charge in [-0.1, -0.05) is 6.92 Å². The van der Waals surface area contributed by atoms with Gasteiger partial charge in [0.05, 0.1) is 6.20 Å². The summed E-state index contributed by atoms with van der Waals surface area (Å²) in [6, 6.07) is 0. The van der Waals surface area contributed by atoms with E-state index in [0.29, 0.717) is 17.3 Å². The van der Waals surface area contributed by atoms with Crippen LogP contribution in [0.3, 0.4) is 0 Å². The summed E-state index contributed by atoms with van der Waals surface area (Å²) in [5.74, 6) is 0.907. The molecule has 0 bridgehead atoms. The molecule has 2 heterocycles. The average Bonchev–Trinajstić information content (AvgIpc) is 2.65. The molecule has 0 saturated carbocycles. The molecule has 0 aliphatic rings. The number of aromatic nitrogens is 3. The molecule has 0 amide bonds. The molecule has 2 N–H and O–H groups in total. The van der Waals surface area contributed by atoms with Crippen molar-refractivity contribution < 1.29 is 4.74 Å². The molecule has 5 nitrogen and oxygen atoms in total. The third-order valence-corrected chi connectivity index (χ3v) is 2.59. The van der Waals surface area contributed by atoms with Crippen LogP contribution in [0.2, 0.25) is 0 Å². The van der Waals surface area contributed by atoms with Gasteiger partial charge in [0.1, 0.15) is 11.4 Å². The molecule has 0 radical (unpaired) electrons. The van der Waals surface area contributed by atoms with Crippen LogP contribution in [0.15, 0.2) is 18.6 Å². The van der Waals surface area contributed by atoms with Gasteiger partial charge in [-0.2, -0.15) is 4.98 Å². The van der Waals surface area contributed by atoms with Crippen molar-refractivity contribution in [1.29, 1.82) is 0 Å². The number of nitrogen functional groups attached to an aromatic ring is 1. The van der Waals surface area contributed by atoms with Crippen LogP contribution in [0, 0.1) is 0 Å². The molecule has 0 atom stereocenters. The van der Waals surface area contributed by atoms with Crippen molar-refractivity contribution in [3.63, 3.8) is 0 Å². The second-order valence-corrected chi connectivity index (χ2v) is 4.34. The first-order valence-corrected chi connectivity index (χ1v) is 5.30. The van der Waals surface area contributed by atoms with Crippen molar-refractivity contribution in [2.75, 3.05) is 5.73 Å². The molecule has 0 aliphatic heterocycles. The summed E-state index contributed by atoms with van der Waals surface area (Å²) in [7, 11) is 0. The SMILES string of the molecule is CCC(C)(C)Oc1nc(N)cn2ccnc12. The minimum atomic E-state index is -0.271. The molecule has 2 aromatic rings. The fraction of sp³-hybridized carbons (Fsp3) is 0.455. The second kappa shape index (κ2) is 3.66. The first-order chi connectivity index (χ1) is 7.52. The van der Waals surface area contributed by atoms with E-state index < -0.39 is 0 Å². The van der Waals surface area contributed by atoms with Crippen LogP contribution in [0.1, 0.15) is 27.2 Å². The zero-order valence-corrected chi connectivity index (χ0v) is 9.77. The highest BCUT2D eigenvalue weighted by molar-refractivity contribution is 5.52. The Kier molecular flexibility index (Phi) is 2.46. The lowest BCUT2D eigenvalue weighted by molar-refractivity contribution is 0.101. The van der Waals surface area contributed by atoms with E-state index in [1.54, 1.807) is 12.4 Å². The Balaban J connectivity index is 2.47. The number of hydrogen-bond donors (Lipinski definition) is 1. The summed E-state index contributed by atoms with van der Waals surface area (Å²) in [4.78, 5) is 8.38. The van der Waals surface area contributed by atoms with E-state index >= 15 is 0 Å². The summed E-state index contributed by atoms with van der Waals surface area (Å²) in [6.07, 6.45) is 6.12. The molecule has 0 spiro atoms. The molecule has 86 valence electrons. The molecular formula is C11H16N4O. The molecule has 5 heteroatoms. The topological polar surface area (TPSA) is 65.4 Å². The summed E-state index contributed by atoms with van der Waals surface area (Å²) < 4.78 is 7.64. The fourth-order valence-electron chi connectivity index (χ4n) is 1.32. The lowest BCUT2D eigenvalue weighted by atomic mass is 10.1. The van der Waals surface area contributed by atoms with Crippen molar-refractivity contribution in [2.24, 2.45) is 0 Å². The van der Waals surface area contributed by atoms with Gasteiger partial charge in [0.25, 0.3) is 5.88 Å². The van der Waals surface area contributed by atoms with Crippen molar-refractivity contribution in [3.8, 4) is 5.88 Å². The summed E-state index contributed by atoms with van der Waals surface area (Å²) in [5, 5.41) is 0. The molecule has 0 fully saturated rings. The monoisotopic (exact) mass is 220 g/mol. The largest absolute Gasteiger partial charge is 0.469 e. The Morgan fingerprint density at radius 2 is 2.25 bits per heavy atom. The number of imidazole rings is 1. The quantitative estimate of drug-likeness (QED) is 0.857. The highest BCUT2D eigenvalue weighted by atomic mass is 16.5. The molecule has 2 rings (SSSR count). The third-order valence-electron chi connectivity index (χ3n) is 2.59. The van der Waals surface area contributed by atoms with E-state index in [-0.39, 0.29) is 5.60 Å². The predicted octanol–water partition coefficient (Wildman–Crippen LogP) is 1.88. The van der Waals surface area contributed by atoms with Crippen LogP contribution >= 0.6 is 0 Å². The molecule has 0 saturated heterocycles. The van der Waals surface area contributed by atoms with E-state index in [2.05, 4.69) is 16.9 Å². The minimum absolute atomic E-state index is 0.271. The average molecular weight is 220 g/mol. The lowest BCUT2D eigenvalue weighted by Gasteiger charge is -2.24. The summed E-state index contributed by atoms with van der Waals surface area (Å²) in [5.41, 5.74) is 6.12. The van der Waals surface area contributed by atoms with E-state index in [1.807, 2.05) is 24.4 Å². The molecule has 16 heavy (non-hydrogen) atoms. The first-order valence-electron chi connectivity index (χ1n) is 5.30. The van der Waals surface area contributed by atoms with Gasteiger partial charge < -0.3 is 10.5 Å². The highest BCUT2D eigenvalue weighted by Gasteiger charge is 2.20. The maximum Gasteiger partial charge on any atom is 0.260 e. The Hall–Kier alpha value is -1.78.